The van der Waals surface area contributed by atoms with Crippen molar-refractivity contribution in [3.05, 3.63) is 62.8 Å². The number of rotatable bonds is 6. The average Bonchev–Trinajstić information content (AvgIpc) is 3.34. The zero-order valence-corrected chi connectivity index (χ0v) is 17.2. The minimum Gasteiger partial charge on any atom is -0.474 e. The smallest absolute Gasteiger partial charge is 0.263 e. The fourth-order valence-corrected chi connectivity index (χ4v) is 4.13. The number of thiazole rings is 1. The van der Waals surface area contributed by atoms with Gasteiger partial charge >= 0.3 is 0 Å². The van der Waals surface area contributed by atoms with Gasteiger partial charge in [0.1, 0.15) is 18.7 Å². The van der Waals surface area contributed by atoms with E-state index in [1.807, 2.05) is 12.1 Å². The summed E-state index contributed by atoms with van der Waals surface area (Å²) in [5.74, 6) is 0.205. The highest BCUT2D eigenvalue weighted by atomic mass is 127. The van der Waals surface area contributed by atoms with E-state index in [-0.39, 0.29) is 11.5 Å². The molecule has 0 amide bonds. The molecule has 0 aliphatic carbocycles. The molecule has 4 aromatic rings. The third-order valence-electron chi connectivity index (χ3n) is 3.66. The van der Waals surface area contributed by atoms with Gasteiger partial charge in [0, 0.05) is 5.56 Å². The molecule has 0 saturated carbocycles. The molecule has 142 valence electrons. The van der Waals surface area contributed by atoms with E-state index in [0.29, 0.717) is 11.4 Å². The van der Waals surface area contributed by atoms with Crippen LogP contribution in [0.3, 0.4) is 0 Å². The number of hydrogen-bond donors (Lipinski definition) is 0. The summed E-state index contributed by atoms with van der Waals surface area (Å²) in [5.41, 5.74) is 1.45. The van der Waals surface area contributed by atoms with Crippen molar-refractivity contribution >= 4 is 50.4 Å². The van der Waals surface area contributed by atoms with E-state index in [9.17, 15) is 4.39 Å². The second-order valence-electron chi connectivity index (χ2n) is 5.42. The number of ether oxygens (including phenoxy) is 1. The molecule has 0 fully saturated rings. The highest BCUT2D eigenvalue weighted by Gasteiger charge is 2.24. The normalized spacial score (nSPS) is 12.5. The summed E-state index contributed by atoms with van der Waals surface area (Å²) in [6, 6.07) is 7.01. The Balaban J connectivity index is 1.72. The molecule has 11 heteroatoms. The maximum absolute atomic E-state index is 14.0. The molecule has 0 N–H and O–H groups in total. The van der Waals surface area contributed by atoms with Crippen LogP contribution in [-0.4, -0.2) is 33.5 Å². The fourth-order valence-electron chi connectivity index (χ4n) is 2.44. The van der Waals surface area contributed by atoms with Crippen molar-refractivity contribution in [1.29, 1.82) is 0 Å². The largest absolute Gasteiger partial charge is 0.474 e. The molecule has 8 nitrogen and oxygen atoms in total. The monoisotopic (exact) mass is 511 g/mol. The van der Waals surface area contributed by atoms with E-state index in [1.54, 1.807) is 17.4 Å². The zero-order chi connectivity index (χ0) is 19.5. The second kappa shape index (κ2) is 8.14. The van der Waals surface area contributed by atoms with Crippen molar-refractivity contribution in [2.45, 2.75) is 6.10 Å². The van der Waals surface area contributed by atoms with Gasteiger partial charge in [-0.25, -0.2) is 9.37 Å². The summed E-state index contributed by atoms with van der Waals surface area (Å²) >= 11 is 3.72. The highest BCUT2D eigenvalue weighted by molar-refractivity contribution is 14.1. The Morgan fingerprint density at radius 3 is 3.04 bits per heavy atom. The maximum atomic E-state index is 14.0. The number of oxime groups is 1. The minimum absolute atomic E-state index is 0.187. The van der Waals surface area contributed by atoms with Crippen molar-refractivity contribution in [2.75, 3.05) is 7.11 Å². The second-order valence-corrected chi connectivity index (χ2v) is 8.20. The van der Waals surface area contributed by atoms with Crippen molar-refractivity contribution < 1.29 is 18.4 Å². The summed E-state index contributed by atoms with van der Waals surface area (Å²) in [5, 5.41) is 11.2. The zero-order valence-electron chi connectivity index (χ0n) is 14.2. The summed E-state index contributed by atoms with van der Waals surface area (Å²) in [6.45, 7) is 0. The van der Waals surface area contributed by atoms with Gasteiger partial charge in [-0.1, -0.05) is 5.16 Å². The molecule has 0 bridgehead atoms. The fraction of sp³-hybridized carbons (Fsp3) is 0.118. The van der Waals surface area contributed by atoms with Gasteiger partial charge in [0.2, 0.25) is 12.5 Å². The predicted molar refractivity (Wildman–Crippen MR) is 108 cm³/mol. The summed E-state index contributed by atoms with van der Waals surface area (Å²) < 4.78 is 27.3. The molecule has 3 aromatic heterocycles. The molecule has 0 spiro atoms. The Bertz CT molecular complexity index is 1140. The van der Waals surface area contributed by atoms with Crippen molar-refractivity contribution in [2.24, 2.45) is 5.16 Å². The number of aromatic nitrogens is 4. The van der Waals surface area contributed by atoms with Gasteiger partial charge in [0.15, 0.2) is 3.01 Å². The Morgan fingerprint density at radius 2 is 2.25 bits per heavy atom. The molecular formula is C17H11FIN5O3S. The van der Waals surface area contributed by atoms with Gasteiger partial charge in [0.25, 0.3) is 5.89 Å². The molecule has 1 aromatic carbocycles. The van der Waals surface area contributed by atoms with Crippen LogP contribution >= 0.6 is 33.9 Å². The first-order valence-electron chi connectivity index (χ1n) is 7.85. The quantitative estimate of drug-likeness (QED) is 0.220. The minimum atomic E-state index is -0.831. The Kier molecular flexibility index (Phi) is 5.43. The van der Waals surface area contributed by atoms with Crippen LogP contribution < -0.4 is 4.74 Å². The predicted octanol–water partition coefficient (Wildman–Crippen LogP) is 3.97. The Labute approximate surface area is 175 Å². The van der Waals surface area contributed by atoms with E-state index >= 15 is 0 Å². The summed E-state index contributed by atoms with van der Waals surface area (Å²) in [6.07, 6.45) is 2.68. The molecule has 1 unspecified atom stereocenters. The lowest BCUT2D eigenvalue weighted by atomic mass is 10.1. The number of benzene rings is 1. The molecular weight excluding hydrogens is 500 g/mol. The Morgan fingerprint density at radius 1 is 1.36 bits per heavy atom. The van der Waals surface area contributed by atoms with E-state index in [1.165, 1.54) is 25.8 Å². The molecule has 4 rings (SSSR count). The van der Waals surface area contributed by atoms with Crippen LogP contribution in [0.1, 0.15) is 23.3 Å². The molecule has 0 radical (unpaired) electrons. The van der Waals surface area contributed by atoms with Gasteiger partial charge < -0.3 is 14.0 Å². The first-order valence-corrected chi connectivity index (χ1v) is 9.74. The van der Waals surface area contributed by atoms with Crippen LogP contribution in [-0.2, 0) is 4.84 Å². The van der Waals surface area contributed by atoms with Gasteiger partial charge in [-0.3, -0.25) is 4.98 Å². The van der Waals surface area contributed by atoms with E-state index in [2.05, 4.69) is 52.7 Å². The van der Waals surface area contributed by atoms with Crippen LogP contribution in [0.15, 0.2) is 46.4 Å². The summed E-state index contributed by atoms with van der Waals surface area (Å²) in [7, 11) is 1.37. The standard InChI is InChI=1S/C17H11FIN5O3S/c1-25-22-6-9-4-13(20-7-11(9)18)15(16-24-21-8-26-16)27-10-2-3-12-14(5-10)28-17(19)23-12/h2-8,15H,1H3/b22-6+. The molecule has 0 saturated heterocycles. The lowest BCUT2D eigenvalue weighted by Gasteiger charge is -2.16. The molecule has 0 aliphatic heterocycles. The van der Waals surface area contributed by atoms with Gasteiger partial charge in [-0.2, -0.15) is 0 Å². The number of pyridine rings is 1. The molecule has 28 heavy (non-hydrogen) atoms. The number of hydrogen-bond acceptors (Lipinski definition) is 9. The van der Waals surface area contributed by atoms with Crippen LogP contribution in [0, 0.1) is 8.83 Å². The number of nitrogens with zero attached hydrogens (tertiary/aromatic N) is 5. The van der Waals surface area contributed by atoms with E-state index in [0.717, 1.165) is 19.4 Å². The molecule has 1 atom stereocenters. The SMILES string of the molecule is CO/N=C/c1cc(C(Oc2ccc3nc(I)sc3c2)c2nnco2)ncc1F. The third-order valence-corrected chi connectivity index (χ3v) is 5.37. The van der Waals surface area contributed by atoms with Gasteiger partial charge in [-0.15, -0.1) is 21.5 Å². The van der Waals surface area contributed by atoms with Gasteiger partial charge in [-0.05, 0) is 46.9 Å². The highest BCUT2D eigenvalue weighted by Crippen LogP contribution is 2.31. The lowest BCUT2D eigenvalue weighted by molar-refractivity contribution is 0.203. The molecule has 0 aliphatic rings. The van der Waals surface area contributed by atoms with Crippen LogP contribution in [0.25, 0.3) is 10.2 Å². The first-order chi connectivity index (χ1) is 13.6. The van der Waals surface area contributed by atoms with Crippen molar-refractivity contribution in [1.82, 2.24) is 20.2 Å². The van der Waals surface area contributed by atoms with E-state index in [4.69, 9.17) is 9.15 Å². The van der Waals surface area contributed by atoms with Gasteiger partial charge in [0.05, 0.1) is 28.3 Å². The van der Waals surface area contributed by atoms with Crippen LogP contribution in [0.4, 0.5) is 4.39 Å². The van der Waals surface area contributed by atoms with Crippen molar-refractivity contribution in [3.63, 3.8) is 0 Å². The van der Waals surface area contributed by atoms with E-state index < -0.39 is 11.9 Å². The summed E-state index contributed by atoms with van der Waals surface area (Å²) in [4.78, 5) is 13.2. The first kappa shape index (κ1) is 18.7. The lowest BCUT2D eigenvalue weighted by Crippen LogP contribution is -2.13. The average molecular weight is 511 g/mol. The number of halogens is 2. The van der Waals surface area contributed by atoms with Crippen LogP contribution in [0.2, 0.25) is 0 Å². The third kappa shape index (κ3) is 3.94. The van der Waals surface area contributed by atoms with Crippen LogP contribution in [0.5, 0.6) is 5.75 Å². The van der Waals surface area contributed by atoms with Crippen molar-refractivity contribution in [3.8, 4) is 5.75 Å². The maximum Gasteiger partial charge on any atom is 0.263 e. The Hall–Kier alpha value is -2.67. The number of fused-ring (bicyclic) bond motifs is 1. The molecule has 3 heterocycles. The topological polar surface area (TPSA) is 95.5 Å².